The second-order valence-corrected chi connectivity index (χ2v) is 6.35. The lowest BCUT2D eigenvalue weighted by molar-refractivity contribution is 0.312. The van der Waals surface area contributed by atoms with Crippen molar-refractivity contribution in [2.45, 2.75) is 0 Å². The van der Waals surface area contributed by atoms with Crippen molar-refractivity contribution in [3.8, 4) is 0 Å². The summed E-state index contributed by atoms with van der Waals surface area (Å²) in [6.45, 7) is 3.05. The third-order valence-electron chi connectivity index (χ3n) is 2.03. The molecule has 0 saturated carbocycles. The highest BCUT2D eigenvalue weighted by Crippen LogP contribution is 2.22. The van der Waals surface area contributed by atoms with Gasteiger partial charge in [0.25, 0.3) is 0 Å². The van der Waals surface area contributed by atoms with Gasteiger partial charge in [-0.1, -0.05) is 48.0 Å². The molecule has 2 heterocycles. The number of thioether (sulfide) groups is 2. The Balaban J connectivity index is 1.89. The summed E-state index contributed by atoms with van der Waals surface area (Å²) in [6.07, 6.45) is 0. The molecule has 0 amide bonds. The van der Waals surface area contributed by atoms with Crippen molar-refractivity contribution in [3.63, 3.8) is 0 Å². The molecule has 0 aromatic rings. The van der Waals surface area contributed by atoms with E-state index in [9.17, 15) is 0 Å². The minimum atomic E-state index is 0.900. The Morgan fingerprint density at radius 3 is 1.77 bits per heavy atom. The number of rotatable bonds is 2. The summed E-state index contributed by atoms with van der Waals surface area (Å²) in [5.41, 5.74) is 0. The molecule has 2 nitrogen and oxygen atoms in total. The zero-order valence-corrected chi connectivity index (χ0v) is 10.3. The van der Waals surface area contributed by atoms with Gasteiger partial charge in [-0.25, -0.2) is 0 Å². The SMILES string of the molecule is S=C1SCCN1CN1CCSC1=S. The largest absolute Gasteiger partial charge is 0.339 e. The van der Waals surface area contributed by atoms with E-state index in [-0.39, 0.29) is 0 Å². The smallest absolute Gasteiger partial charge is 0.137 e. The van der Waals surface area contributed by atoms with E-state index in [0.29, 0.717) is 0 Å². The van der Waals surface area contributed by atoms with Gasteiger partial charge in [0.05, 0.1) is 6.67 Å². The number of hydrogen-bond donors (Lipinski definition) is 0. The Bertz CT molecular complexity index is 219. The summed E-state index contributed by atoms with van der Waals surface area (Å²) in [7, 11) is 0. The first-order valence-electron chi connectivity index (χ1n) is 4.11. The maximum Gasteiger partial charge on any atom is 0.137 e. The molecule has 2 aliphatic rings. The van der Waals surface area contributed by atoms with Crippen LogP contribution in [0.1, 0.15) is 0 Å². The van der Waals surface area contributed by atoms with Crippen molar-refractivity contribution < 1.29 is 0 Å². The van der Waals surface area contributed by atoms with Crippen LogP contribution >= 0.6 is 48.0 Å². The first kappa shape index (κ1) is 10.0. The minimum Gasteiger partial charge on any atom is -0.339 e. The van der Waals surface area contributed by atoms with E-state index in [4.69, 9.17) is 24.4 Å². The van der Waals surface area contributed by atoms with E-state index in [0.717, 1.165) is 39.9 Å². The van der Waals surface area contributed by atoms with Crippen LogP contribution in [0, 0.1) is 0 Å². The molecule has 0 aromatic heterocycles. The third-order valence-corrected chi connectivity index (χ3v) is 5.04. The summed E-state index contributed by atoms with van der Waals surface area (Å²) in [5, 5.41) is 0. The van der Waals surface area contributed by atoms with Gasteiger partial charge in [0.2, 0.25) is 0 Å². The lowest BCUT2D eigenvalue weighted by Gasteiger charge is -2.25. The Kier molecular flexibility index (Phi) is 3.34. The van der Waals surface area contributed by atoms with Crippen LogP contribution in [0.4, 0.5) is 0 Å². The molecular formula is C7H10N2S4. The standard InChI is InChI=1S/C7H10N2S4/c10-6-8(1-3-12-6)5-9-2-4-13-7(9)11/h1-5H2. The third kappa shape index (κ3) is 2.29. The molecule has 72 valence electrons. The molecule has 0 aromatic carbocycles. The van der Waals surface area contributed by atoms with Crippen LogP contribution in [-0.2, 0) is 0 Å². The molecule has 13 heavy (non-hydrogen) atoms. The van der Waals surface area contributed by atoms with Gasteiger partial charge >= 0.3 is 0 Å². The lowest BCUT2D eigenvalue weighted by atomic mass is 10.6. The van der Waals surface area contributed by atoms with Crippen LogP contribution < -0.4 is 0 Å². The average Bonchev–Trinajstić information content (AvgIpc) is 2.65. The molecule has 2 fully saturated rings. The van der Waals surface area contributed by atoms with Crippen molar-refractivity contribution in [3.05, 3.63) is 0 Å². The number of thiocarbonyl (C=S) groups is 2. The Hall–Kier alpha value is 0.480. The monoisotopic (exact) mass is 250 g/mol. The van der Waals surface area contributed by atoms with Gasteiger partial charge in [-0.2, -0.15) is 0 Å². The summed E-state index contributed by atoms with van der Waals surface area (Å²) >= 11 is 14.0. The van der Waals surface area contributed by atoms with Gasteiger partial charge in [0.15, 0.2) is 0 Å². The van der Waals surface area contributed by atoms with E-state index in [1.54, 1.807) is 23.5 Å². The van der Waals surface area contributed by atoms with Crippen molar-refractivity contribution in [1.29, 1.82) is 0 Å². The maximum absolute atomic E-state index is 5.23. The molecule has 0 unspecified atom stereocenters. The molecule has 2 saturated heterocycles. The molecule has 6 heteroatoms. The second kappa shape index (κ2) is 4.33. The fraction of sp³-hybridized carbons (Fsp3) is 0.714. The van der Waals surface area contributed by atoms with E-state index in [2.05, 4.69) is 9.80 Å². The molecular weight excluding hydrogens is 240 g/mol. The van der Waals surface area contributed by atoms with E-state index >= 15 is 0 Å². The molecule has 0 radical (unpaired) electrons. The van der Waals surface area contributed by atoms with Crippen molar-refractivity contribution >= 4 is 56.6 Å². The zero-order chi connectivity index (χ0) is 9.26. The van der Waals surface area contributed by atoms with E-state index in [1.807, 2.05) is 0 Å². The van der Waals surface area contributed by atoms with Crippen molar-refractivity contribution in [2.75, 3.05) is 31.3 Å². The zero-order valence-electron chi connectivity index (χ0n) is 7.06. The van der Waals surface area contributed by atoms with Gasteiger partial charge in [0.1, 0.15) is 8.64 Å². The van der Waals surface area contributed by atoms with Gasteiger partial charge in [-0.3, -0.25) is 0 Å². The molecule has 2 rings (SSSR count). The Morgan fingerprint density at radius 1 is 1.00 bits per heavy atom. The van der Waals surface area contributed by atoms with Gasteiger partial charge < -0.3 is 9.80 Å². The first-order chi connectivity index (χ1) is 6.27. The highest BCUT2D eigenvalue weighted by atomic mass is 32.2. The highest BCUT2D eigenvalue weighted by Gasteiger charge is 2.23. The van der Waals surface area contributed by atoms with Crippen LogP contribution in [0.25, 0.3) is 0 Å². The maximum atomic E-state index is 5.23. The van der Waals surface area contributed by atoms with Crippen LogP contribution in [0.5, 0.6) is 0 Å². The fourth-order valence-electron chi connectivity index (χ4n) is 1.31. The minimum absolute atomic E-state index is 0.900. The van der Waals surface area contributed by atoms with E-state index < -0.39 is 0 Å². The Labute approximate surface area is 97.4 Å². The highest BCUT2D eigenvalue weighted by molar-refractivity contribution is 8.23. The van der Waals surface area contributed by atoms with Gasteiger partial charge in [0, 0.05) is 24.6 Å². The van der Waals surface area contributed by atoms with Crippen LogP contribution in [0.2, 0.25) is 0 Å². The molecule has 2 aliphatic heterocycles. The number of nitrogens with zero attached hydrogens (tertiary/aromatic N) is 2. The molecule has 0 N–H and O–H groups in total. The van der Waals surface area contributed by atoms with Crippen LogP contribution in [0.3, 0.4) is 0 Å². The topological polar surface area (TPSA) is 6.48 Å². The van der Waals surface area contributed by atoms with Crippen LogP contribution in [0.15, 0.2) is 0 Å². The number of hydrogen-bond acceptors (Lipinski definition) is 4. The first-order valence-corrected chi connectivity index (χ1v) is 6.89. The normalized spacial score (nSPS) is 23.4. The summed E-state index contributed by atoms with van der Waals surface area (Å²) < 4.78 is 2.06. The fourth-order valence-corrected chi connectivity index (χ4v) is 3.75. The predicted molar refractivity (Wildman–Crippen MR) is 68.4 cm³/mol. The molecule has 0 bridgehead atoms. The van der Waals surface area contributed by atoms with Crippen molar-refractivity contribution in [1.82, 2.24) is 9.80 Å². The molecule has 0 atom stereocenters. The Morgan fingerprint density at radius 2 is 1.46 bits per heavy atom. The summed E-state index contributed by atoms with van der Waals surface area (Å²) in [5.74, 6) is 2.26. The van der Waals surface area contributed by atoms with E-state index in [1.165, 1.54) is 0 Å². The molecule has 0 spiro atoms. The lowest BCUT2D eigenvalue weighted by Crippen LogP contribution is -2.37. The quantitative estimate of drug-likeness (QED) is 0.682. The van der Waals surface area contributed by atoms with Crippen molar-refractivity contribution in [2.24, 2.45) is 0 Å². The van der Waals surface area contributed by atoms with Crippen LogP contribution in [-0.4, -0.2) is 49.7 Å². The molecule has 0 aliphatic carbocycles. The van der Waals surface area contributed by atoms with Gasteiger partial charge in [-0.05, 0) is 0 Å². The predicted octanol–water partition coefficient (Wildman–Crippen LogP) is 1.61. The summed E-state index contributed by atoms with van der Waals surface area (Å²) in [4.78, 5) is 4.47. The average molecular weight is 250 g/mol. The second-order valence-electron chi connectivity index (χ2n) is 2.90. The van der Waals surface area contributed by atoms with Gasteiger partial charge in [-0.15, -0.1) is 0 Å². The summed E-state index contributed by atoms with van der Waals surface area (Å²) in [6, 6.07) is 0.